The molecule has 0 radical (unpaired) electrons. The molecular weight excluding hydrogens is 200 g/mol. The van der Waals surface area contributed by atoms with Gasteiger partial charge < -0.3 is 9.30 Å². The number of hydrogen-bond acceptors (Lipinski definition) is 2. The van der Waals surface area contributed by atoms with Gasteiger partial charge in [-0.2, -0.15) is 0 Å². The topological polar surface area (TPSA) is 27.1 Å². The highest BCUT2D eigenvalue weighted by atomic mass is 16.5. The number of benzene rings is 1. The summed E-state index contributed by atoms with van der Waals surface area (Å²) in [6, 6.07) is 8.04. The number of rotatable bonds is 3. The average Bonchev–Trinajstić information content (AvgIpc) is 2.58. The number of aromatic nitrogens is 2. The minimum Gasteiger partial charge on any atom is -0.487 e. The third-order valence-corrected chi connectivity index (χ3v) is 2.57. The van der Waals surface area contributed by atoms with Crippen LogP contribution in [0.4, 0.5) is 0 Å². The summed E-state index contributed by atoms with van der Waals surface area (Å²) in [7, 11) is 1.98. The zero-order chi connectivity index (χ0) is 11.5. The molecule has 1 aromatic heterocycles. The van der Waals surface area contributed by atoms with Gasteiger partial charge in [0.25, 0.3) is 0 Å². The molecule has 84 valence electrons. The molecule has 0 saturated heterocycles. The Kier molecular flexibility index (Phi) is 2.95. The second kappa shape index (κ2) is 4.39. The lowest BCUT2D eigenvalue weighted by Gasteiger charge is -2.03. The van der Waals surface area contributed by atoms with Crippen molar-refractivity contribution in [2.45, 2.75) is 20.5 Å². The van der Waals surface area contributed by atoms with Crippen LogP contribution in [0.2, 0.25) is 0 Å². The number of nitrogens with zero attached hydrogens (tertiary/aromatic N) is 2. The maximum atomic E-state index is 5.64. The van der Waals surface area contributed by atoms with Crippen LogP contribution < -0.4 is 4.74 Å². The molecule has 3 heteroatoms. The maximum Gasteiger partial charge on any atom is 0.132 e. The average molecular weight is 216 g/mol. The molecule has 0 bridgehead atoms. The molecule has 1 aromatic carbocycles. The summed E-state index contributed by atoms with van der Waals surface area (Å²) >= 11 is 0. The van der Waals surface area contributed by atoms with E-state index in [1.807, 2.05) is 49.0 Å². The third-order valence-electron chi connectivity index (χ3n) is 2.57. The summed E-state index contributed by atoms with van der Waals surface area (Å²) in [5.74, 6) is 1.89. The predicted octanol–water partition coefficient (Wildman–Crippen LogP) is 2.62. The molecule has 16 heavy (non-hydrogen) atoms. The maximum absolute atomic E-state index is 5.64. The van der Waals surface area contributed by atoms with Crippen LogP contribution in [0.1, 0.15) is 17.1 Å². The summed E-state index contributed by atoms with van der Waals surface area (Å²) in [6.45, 7) is 4.56. The molecule has 0 amide bonds. The van der Waals surface area contributed by atoms with Gasteiger partial charge in [-0.25, -0.2) is 4.98 Å². The Morgan fingerprint density at radius 2 is 1.88 bits per heavy atom. The lowest BCUT2D eigenvalue weighted by atomic mass is 10.2. The second-order valence-electron chi connectivity index (χ2n) is 3.99. The SMILES string of the molecule is Cc1ccc(OCc2cn(C)c(C)n2)cc1. The molecule has 0 aliphatic carbocycles. The summed E-state index contributed by atoms with van der Waals surface area (Å²) in [4.78, 5) is 4.38. The van der Waals surface area contributed by atoms with E-state index in [0.29, 0.717) is 6.61 Å². The van der Waals surface area contributed by atoms with Gasteiger partial charge in [-0.05, 0) is 26.0 Å². The van der Waals surface area contributed by atoms with Crippen molar-refractivity contribution in [3.63, 3.8) is 0 Å². The van der Waals surface area contributed by atoms with Crippen LogP contribution in [0.3, 0.4) is 0 Å². The molecule has 1 heterocycles. The molecule has 0 fully saturated rings. The Morgan fingerprint density at radius 1 is 1.19 bits per heavy atom. The van der Waals surface area contributed by atoms with Gasteiger partial charge in [0.15, 0.2) is 0 Å². The van der Waals surface area contributed by atoms with Gasteiger partial charge in [0.05, 0.1) is 5.69 Å². The summed E-state index contributed by atoms with van der Waals surface area (Å²) in [6.07, 6.45) is 1.99. The molecule has 3 nitrogen and oxygen atoms in total. The minimum atomic E-state index is 0.519. The normalized spacial score (nSPS) is 10.4. The number of aryl methyl sites for hydroxylation is 3. The zero-order valence-electron chi connectivity index (χ0n) is 9.90. The molecule has 2 aromatic rings. The molecule has 2 rings (SSSR count). The van der Waals surface area contributed by atoms with E-state index in [9.17, 15) is 0 Å². The molecule has 0 aliphatic rings. The second-order valence-corrected chi connectivity index (χ2v) is 3.99. The molecule has 0 N–H and O–H groups in total. The largest absolute Gasteiger partial charge is 0.487 e. The summed E-state index contributed by atoms with van der Waals surface area (Å²) in [5, 5.41) is 0. The third kappa shape index (κ3) is 2.42. The van der Waals surface area contributed by atoms with Crippen molar-refractivity contribution in [2.75, 3.05) is 0 Å². The van der Waals surface area contributed by atoms with E-state index in [1.165, 1.54) is 5.56 Å². The number of imidazole rings is 1. The van der Waals surface area contributed by atoms with Crippen molar-refractivity contribution in [3.05, 3.63) is 47.5 Å². The van der Waals surface area contributed by atoms with Crippen LogP contribution in [0.25, 0.3) is 0 Å². The van der Waals surface area contributed by atoms with E-state index >= 15 is 0 Å². The fraction of sp³-hybridized carbons (Fsp3) is 0.308. The van der Waals surface area contributed by atoms with E-state index in [0.717, 1.165) is 17.3 Å². The van der Waals surface area contributed by atoms with Crippen LogP contribution in [0.5, 0.6) is 5.75 Å². The van der Waals surface area contributed by atoms with Gasteiger partial charge in [-0.1, -0.05) is 17.7 Å². The Labute approximate surface area is 95.7 Å². The van der Waals surface area contributed by atoms with Gasteiger partial charge in [0.1, 0.15) is 18.2 Å². The van der Waals surface area contributed by atoms with E-state index in [2.05, 4.69) is 11.9 Å². The highest BCUT2D eigenvalue weighted by Crippen LogP contribution is 2.13. The van der Waals surface area contributed by atoms with Crippen LogP contribution in [-0.2, 0) is 13.7 Å². The predicted molar refractivity (Wildman–Crippen MR) is 63.5 cm³/mol. The first-order valence-corrected chi connectivity index (χ1v) is 5.33. The molecule has 0 spiro atoms. The van der Waals surface area contributed by atoms with Crippen molar-refractivity contribution in [1.82, 2.24) is 9.55 Å². The van der Waals surface area contributed by atoms with Crippen LogP contribution >= 0.6 is 0 Å². The molecule has 0 atom stereocenters. The van der Waals surface area contributed by atoms with Crippen molar-refractivity contribution >= 4 is 0 Å². The van der Waals surface area contributed by atoms with Gasteiger partial charge in [-0.3, -0.25) is 0 Å². The molecular formula is C13H16N2O. The smallest absolute Gasteiger partial charge is 0.132 e. The van der Waals surface area contributed by atoms with Gasteiger partial charge >= 0.3 is 0 Å². The first kappa shape index (κ1) is 10.7. The first-order valence-electron chi connectivity index (χ1n) is 5.33. The zero-order valence-corrected chi connectivity index (χ0v) is 9.90. The van der Waals surface area contributed by atoms with Crippen LogP contribution in [0.15, 0.2) is 30.5 Å². The Bertz CT molecular complexity index is 452. The van der Waals surface area contributed by atoms with Crippen molar-refractivity contribution in [1.29, 1.82) is 0 Å². The van der Waals surface area contributed by atoms with E-state index < -0.39 is 0 Å². The Hall–Kier alpha value is -1.77. The molecule has 0 unspecified atom stereocenters. The highest BCUT2D eigenvalue weighted by Gasteiger charge is 2.01. The molecule has 0 saturated carbocycles. The van der Waals surface area contributed by atoms with Gasteiger partial charge in [0.2, 0.25) is 0 Å². The fourth-order valence-electron chi connectivity index (χ4n) is 1.49. The van der Waals surface area contributed by atoms with Crippen molar-refractivity contribution in [2.24, 2.45) is 7.05 Å². The monoisotopic (exact) mass is 216 g/mol. The standard InChI is InChI=1S/C13H16N2O/c1-10-4-6-13(7-5-10)16-9-12-8-15(3)11(2)14-12/h4-8H,9H2,1-3H3. The number of ether oxygens (including phenoxy) is 1. The van der Waals surface area contributed by atoms with Crippen LogP contribution in [-0.4, -0.2) is 9.55 Å². The van der Waals surface area contributed by atoms with Crippen molar-refractivity contribution in [3.8, 4) is 5.75 Å². The molecule has 0 aliphatic heterocycles. The lowest BCUT2D eigenvalue weighted by Crippen LogP contribution is -1.95. The Morgan fingerprint density at radius 3 is 2.44 bits per heavy atom. The number of hydrogen-bond donors (Lipinski definition) is 0. The first-order chi connectivity index (χ1) is 7.65. The Balaban J connectivity index is 1.99. The highest BCUT2D eigenvalue weighted by molar-refractivity contribution is 5.26. The van der Waals surface area contributed by atoms with E-state index in [-0.39, 0.29) is 0 Å². The van der Waals surface area contributed by atoms with Gasteiger partial charge in [-0.15, -0.1) is 0 Å². The van der Waals surface area contributed by atoms with E-state index in [1.54, 1.807) is 0 Å². The summed E-state index contributed by atoms with van der Waals surface area (Å²) < 4.78 is 7.63. The quantitative estimate of drug-likeness (QED) is 0.788. The lowest BCUT2D eigenvalue weighted by molar-refractivity contribution is 0.301. The van der Waals surface area contributed by atoms with Crippen LogP contribution in [0, 0.1) is 13.8 Å². The van der Waals surface area contributed by atoms with E-state index in [4.69, 9.17) is 4.74 Å². The summed E-state index contributed by atoms with van der Waals surface area (Å²) in [5.41, 5.74) is 2.20. The van der Waals surface area contributed by atoms with Gasteiger partial charge in [0, 0.05) is 13.2 Å². The van der Waals surface area contributed by atoms with Crippen molar-refractivity contribution < 1.29 is 4.74 Å². The minimum absolute atomic E-state index is 0.519. The fourth-order valence-corrected chi connectivity index (χ4v) is 1.49.